The summed E-state index contributed by atoms with van der Waals surface area (Å²) in [5.74, 6) is 0. The molecule has 7 nitrogen and oxygen atoms in total. The number of piperazine rings is 1. The smallest absolute Gasteiger partial charge is 0.407 e. The summed E-state index contributed by atoms with van der Waals surface area (Å²) in [5.41, 5.74) is 0.808. The molecule has 7 heteroatoms. The van der Waals surface area contributed by atoms with Crippen LogP contribution in [0.4, 0.5) is 16.2 Å². The van der Waals surface area contributed by atoms with Crippen molar-refractivity contribution in [1.82, 2.24) is 4.90 Å². The number of rotatable bonds is 2. The topological polar surface area (TPSA) is 86.9 Å². The van der Waals surface area contributed by atoms with Crippen molar-refractivity contribution in [1.29, 1.82) is 0 Å². The summed E-state index contributed by atoms with van der Waals surface area (Å²) < 4.78 is 0. The highest BCUT2D eigenvalue weighted by molar-refractivity contribution is 5.65. The van der Waals surface area contributed by atoms with Gasteiger partial charge in [-0.05, 0) is 6.07 Å². The minimum atomic E-state index is -0.923. The minimum absolute atomic E-state index is 0.0492. The molecule has 18 heavy (non-hydrogen) atoms. The SMILES string of the molecule is O=C(O)N1CCN(c2cccc([N+](=O)[O-])c2)CC1. The van der Waals surface area contributed by atoms with E-state index in [4.69, 9.17) is 5.11 Å². The highest BCUT2D eigenvalue weighted by atomic mass is 16.6. The molecule has 1 aromatic carbocycles. The van der Waals surface area contributed by atoms with Crippen LogP contribution in [0.2, 0.25) is 0 Å². The number of carboxylic acid groups (broad SMARTS) is 1. The molecule has 1 fully saturated rings. The van der Waals surface area contributed by atoms with Crippen LogP contribution in [0.5, 0.6) is 0 Å². The molecule has 2 rings (SSSR count). The maximum Gasteiger partial charge on any atom is 0.407 e. The first kappa shape index (κ1) is 12.2. The van der Waals surface area contributed by atoms with Crippen molar-refractivity contribution < 1.29 is 14.8 Å². The molecule has 1 amide bonds. The number of nitro benzene ring substituents is 1. The summed E-state index contributed by atoms with van der Waals surface area (Å²) in [7, 11) is 0. The number of nitrogens with zero attached hydrogens (tertiary/aromatic N) is 3. The zero-order valence-corrected chi connectivity index (χ0v) is 9.65. The van der Waals surface area contributed by atoms with Gasteiger partial charge < -0.3 is 14.9 Å². The largest absolute Gasteiger partial charge is 0.465 e. The number of benzene rings is 1. The average Bonchev–Trinajstić information content (AvgIpc) is 2.39. The van der Waals surface area contributed by atoms with Gasteiger partial charge in [-0.2, -0.15) is 0 Å². The molecule has 1 aromatic rings. The van der Waals surface area contributed by atoms with E-state index in [0.717, 1.165) is 5.69 Å². The van der Waals surface area contributed by atoms with E-state index in [0.29, 0.717) is 26.2 Å². The van der Waals surface area contributed by atoms with Crippen LogP contribution in [0.15, 0.2) is 24.3 Å². The van der Waals surface area contributed by atoms with E-state index in [2.05, 4.69) is 0 Å². The van der Waals surface area contributed by atoms with Crippen LogP contribution in [0.1, 0.15) is 0 Å². The lowest BCUT2D eigenvalue weighted by atomic mass is 10.2. The van der Waals surface area contributed by atoms with Crippen LogP contribution < -0.4 is 4.90 Å². The fourth-order valence-electron chi connectivity index (χ4n) is 1.96. The number of non-ortho nitro benzene ring substituents is 1. The third-order valence-electron chi connectivity index (χ3n) is 2.96. The van der Waals surface area contributed by atoms with E-state index in [-0.39, 0.29) is 5.69 Å². The molecule has 0 saturated carbocycles. The highest BCUT2D eigenvalue weighted by Crippen LogP contribution is 2.22. The number of amides is 1. The minimum Gasteiger partial charge on any atom is -0.465 e. The van der Waals surface area contributed by atoms with Crippen LogP contribution in [-0.2, 0) is 0 Å². The van der Waals surface area contributed by atoms with Crippen molar-refractivity contribution in [2.24, 2.45) is 0 Å². The van der Waals surface area contributed by atoms with Crippen LogP contribution in [-0.4, -0.2) is 47.2 Å². The normalized spacial score (nSPS) is 15.6. The molecule has 96 valence electrons. The highest BCUT2D eigenvalue weighted by Gasteiger charge is 2.21. The molecule has 1 N–H and O–H groups in total. The maximum atomic E-state index is 10.8. The molecule has 1 aliphatic rings. The molecule has 0 unspecified atom stereocenters. The first-order chi connectivity index (χ1) is 8.58. The van der Waals surface area contributed by atoms with Gasteiger partial charge in [-0.3, -0.25) is 10.1 Å². The maximum absolute atomic E-state index is 10.8. The van der Waals surface area contributed by atoms with Crippen molar-refractivity contribution in [2.75, 3.05) is 31.1 Å². The summed E-state index contributed by atoms with van der Waals surface area (Å²) >= 11 is 0. The number of hydrogen-bond donors (Lipinski definition) is 1. The second-order valence-electron chi connectivity index (χ2n) is 4.03. The average molecular weight is 251 g/mol. The number of anilines is 1. The predicted octanol–water partition coefficient (Wildman–Crippen LogP) is 1.39. The number of nitro groups is 1. The van der Waals surface area contributed by atoms with Crippen LogP contribution in [0.25, 0.3) is 0 Å². The Balaban J connectivity index is 2.07. The standard InChI is InChI=1S/C11H13N3O4/c15-11(16)13-6-4-12(5-7-13)9-2-1-3-10(8-9)14(17)18/h1-3,8H,4-7H2,(H,15,16). The first-order valence-corrected chi connectivity index (χ1v) is 5.55. The van der Waals surface area contributed by atoms with Crippen molar-refractivity contribution in [3.8, 4) is 0 Å². The summed E-state index contributed by atoms with van der Waals surface area (Å²) in [6.07, 6.45) is -0.923. The Labute approximate surface area is 103 Å². The zero-order valence-electron chi connectivity index (χ0n) is 9.65. The van der Waals surface area contributed by atoms with Crippen LogP contribution in [0, 0.1) is 10.1 Å². The molecule has 1 heterocycles. The van der Waals surface area contributed by atoms with Gasteiger partial charge in [0.2, 0.25) is 0 Å². The van der Waals surface area contributed by atoms with Crippen LogP contribution in [0.3, 0.4) is 0 Å². The monoisotopic (exact) mass is 251 g/mol. The first-order valence-electron chi connectivity index (χ1n) is 5.55. The predicted molar refractivity (Wildman–Crippen MR) is 64.9 cm³/mol. The summed E-state index contributed by atoms with van der Waals surface area (Å²) in [5, 5.41) is 19.5. The fraction of sp³-hybridized carbons (Fsp3) is 0.364. The summed E-state index contributed by atoms with van der Waals surface area (Å²) in [6.45, 7) is 1.93. The van der Waals surface area contributed by atoms with Gasteiger partial charge in [0.05, 0.1) is 4.92 Å². The molecule has 0 bridgehead atoms. The molecule has 0 aromatic heterocycles. The van der Waals surface area contributed by atoms with Crippen LogP contribution >= 0.6 is 0 Å². The molecular formula is C11H13N3O4. The van der Waals surface area contributed by atoms with E-state index in [1.807, 2.05) is 4.90 Å². The number of hydrogen-bond acceptors (Lipinski definition) is 4. The second kappa shape index (κ2) is 4.91. The van der Waals surface area contributed by atoms with Crippen molar-refractivity contribution in [3.05, 3.63) is 34.4 Å². The van der Waals surface area contributed by atoms with Gasteiger partial charge in [0.25, 0.3) is 5.69 Å². The fourth-order valence-corrected chi connectivity index (χ4v) is 1.96. The third-order valence-corrected chi connectivity index (χ3v) is 2.96. The molecule has 0 spiro atoms. The molecular weight excluding hydrogens is 238 g/mol. The second-order valence-corrected chi connectivity index (χ2v) is 4.03. The third kappa shape index (κ3) is 2.50. The summed E-state index contributed by atoms with van der Waals surface area (Å²) in [6, 6.07) is 6.38. The Morgan fingerprint density at radius 1 is 1.28 bits per heavy atom. The Morgan fingerprint density at radius 2 is 1.94 bits per heavy atom. The zero-order chi connectivity index (χ0) is 13.1. The Hall–Kier alpha value is -2.31. The molecule has 0 aliphatic carbocycles. The van der Waals surface area contributed by atoms with Gasteiger partial charge in [-0.25, -0.2) is 4.79 Å². The molecule has 1 aliphatic heterocycles. The van der Waals surface area contributed by atoms with Gasteiger partial charge in [0, 0.05) is 44.0 Å². The Bertz CT molecular complexity index is 469. The van der Waals surface area contributed by atoms with E-state index in [1.54, 1.807) is 12.1 Å². The molecule has 1 saturated heterocycles. The van der Waals surface area contributed by atoms with Gasteiger partial charge >= 0.3 is 6.09 Å². The van der Waals surface area contributed by atoms with Gasteiger partial charge in [0.1, 0.15) is 0 Å². The van der Waals surface area contributed by atoms with Gasteiger partial charge in [-0.1, -0.05) is 6.07 Å². The molecule has 0 atom stereocenters. The Kier molecular flexibility index (Phi) is 3.31. The lowest BCUT2D eigenvalue weighted by molar-refractivity contribution is -0.384. The van der Waals surface area contributed by atoms with Crippen molar-refractivity contribution >= 4 is 17.5 Å². The van der Waals surface area contributed by atoms with E-state index < -0.39 is 11.0 Å². The Morgan fingerprint density at radius 3 is 2.50 bits per heavy atom. The van der Waals surface area contributed by atoms with Gasteiger partial charge in [0.15, 0.2) is 0 Å². The summed E-state index contributed by atoms with van der Waals surface area (Å²) in [4.78, 5) is 24.3. The lowest BCUT2D eigenvalue weighted by Crippen LogP contribution is -2.48. The van der Waals surface area contributed by atoms with E-state index in [9.17, 15) is 14.9 Å². The number of carbonyl (C=O) groups is 1. The van der Waals surface area contributed by atoms with Gasteiger partial charge in [-0.15, -0.1) is 0 Å². The van der Waals surface area contributed by atoms with E-state index in [1.165, 1.54) is 17.0 Å². The van der Waals surface area contributed by atoms with Crippen molar-refractivity contribution in [3.63, 3.8) is 0 Å². The molecule has 0 radical (unpaired) electrons. The lowest BCUT2D eigenvalue weighted by Gasteiger charge is -2.34. The quantitative estimate of drug-likeness (QED) is 0.634. The van der Waals surface area contributed by atoms with E-state index >= 15 is 0 Å². The van der Waals surface area contributed by atoms with Crippen molar-refractivity contribution in [2.45, 2.75) is 0 Å².